The Morgan fingerprint density at radius 2 is 0.495 bits per heavy atom. The molecule has 0 aliphatic heterocycles. The number of rotatable bonds is 75. The van der Waals surface area contributed by atoms with Crippen molar-refractivity contribution in [3.05, 3.63) is 0 Å². The standard InChI is InChI=1S/C78H152O17P2/c1-9-70(7)56-48-40-32-25-21-17-14-15-18-22-26-33-42-50-58-75(80)88-64-73(95-78(83)61-53-45-35-29-28-31-39-47-55-69(5)6)66-92-96(84,85)90-62-72(79)63-91-97(86,87)93-67-74(65-89-76(81)59-51-43-37-36-41-49-57-71(8)10-2)94-77(82)60-52-44-34-27-23-19-13-11-12-16-20-24-30-38-46-54-68(3)4/h68-74,79H,9-67H2,1-8H3,(H,84,85)(H,86,87)/t70?,71?,72-,73-,74-/m1/s1. The molecule has 0 aliphatic carbocycles. The number of carbonyl (C=O) groups excluding carboxylic acids is 4. The van der Waals surface area contributed by atoms with Gasteiger partial charge in [0.2, 0.25) is 0 Å². The van der Waals surface area contributed by atoms with Crippen LogP contribution >= 0.6 is 15.6 Å². The van der Waals surface area contributed by atoms with E-state index >= 15 is 0 Å². The molecule has 4 unspecified atom stereocenters. The summed E-state index contributed by atoms with van der Waals surface area (Å²) in [6, 6.07) is 0. The second-order valence-corrected chi connectivity index (χ2v) is 32.4. The highest BCUT2D eigenvalue weighted by atomic mass is 31.2. The van der Waals surface area contributed by atoms with Gasteiger partial charge in [-0.25, -0.2) is 9.13 Å². The van der Waals surface area contributed by atoms with Gasteiger partial charge in [-0.1, -0.05) is 344 Å². The second kappa shape index (κ2) is 67.2. The zero-order chi connectivity index (χ0) is 71.7. The van der Waals surface area contributed by atoms with Crippen molar-refractivity contribution < 1.29 is 80.2 Å². The molecule has 19 heteroatoms. The minimum Gasteiger partial charge on any atom is -0.462 e. The van der Waals surface area contributed by atoms with Crippen LogP contribution in [-0.2, 0) is 65.4 Å². The normalized spacial score (nSPS) is 14.6. The van der Waals surface area contributed by atoms with Crippen molar-refractivity contribution in [3.8, 4) is 0 Å². The van der Waals surface area contributed by atoms with E-state index in [0.717, 1.165) is 120 Å². The van der Waals surface area contributed by atoms with E-state index in [2.05, 4.69) is 55.4 Å². The molecule has 0 radical (unpaired) electrons. The predicted octanol–water partition coefficient (Wildman–Crippen LogP) is 22.8. The molecule has 0 aromatic heterocycles. The van der Waals surface area contributed by atoms with E-state index in [-0.39, 0.29) is 25.7 Å². The molecule has 0 spiro atoms. The summed E-state index contributed by atoms with van der Waals surface area (Å²) in [5.41, 5.74) is 0. The van der Waals surface area contributed by atoms with Gasteiger partial charge in [0.15, 0.2) is 12.2 Å². The second-order valence-electron chi connectivity index (χ2n) is 29.5. The number of carbonyl (C=O) groups is 4. The third-order valence-electron chi connectivity index (χ3n) is 18.8. The van der Waals surface area contributed by atoms with Crippen molar-refractivity contribution in [1.29, 1.82) is 0 Å². The first-order chi connectivity index (χ1) is 46.7. The molecular formula is C78H152O17P2. The van der Waals surface area contributed by atoms with Crippen LogP contribution in [0.1, 0.15) is 396 Å². The molecule has 0 amide bonds. The molecule has 0 saturated carbocycles. The molecule has 0 aliphatic rings. The van der Waals surface area contributed by atoms with Gasteiger partial charge in [-0.2, -0.15) is 0 Å². The Kier molecular flexibility index (Phi) is 65.9. The summed E-state index contributed by atoms with van der Waals surface area (Å²) < 4.78 is 68.6. The summed E-state index contributed by atoms with van der Waals surface area (Å²) in [5.74, 6) is 0.981. The van der Waals surface area contributed by atoms with E-state index in [0.29, 0.717) is 25.7 Å². The highest BCUT2D eigenvalue weighted by Gasteiger charge is 2.30. The van der Waals surface area contributed by atoms with Gasteiger partial charge in [-0.15, -0.1) is 0 Å². The molecule has 17 nitrogen and oxygen atoms in total. The summed E-state index contributed by atoms with van der Waals surface area (Å²) in [4.78, 5) is 72.9. The van der Waals surface area contributed by atoms with Crippen LogP contribution in [0.15, 0.2) is 0 Å². The molecule has 0 aromatic carbocycles. The minimum atomic E-state index is -4.96. The van der Waals surface area contributed by atoms with Gasteiger partial charge in [0.05, 0.1) is 26.4 Å². The van der Waals surface area contributed by atoms with Crippen molar-refractivity contribution >= 4 is 39.5 Å². The lowest BCUT2D eigenvalue weighted by Crippen LogP contribution is -2.30. The lowest BCUT2D eigenvalue weighted by Gasteiger charge is -2.21. The molecule has 3 N–H and O–H groups in total. The predicted molar refractivity (Wildman–Crippen MR) is 395 cm³/mol. The number of aliphatic hydroxyl groups is 1. The Morgan fingerprint density at radius 1 is 0.289 bits per heavy atom. The Morgan fingerprint density at radius 3 is 0.732 bits per heavy atom. The van der Waals surface area contributed by atoms with Crippen LogP contribution in [0.5, 0.6) is 0 Å². The number of phosphoric ester groups is 2. The Bertz CT molecular complexity index is 1910. The topological polar surface area (TPSA) is 237 Å². The summed E-state index contributed by atoms with van der Waals surface area (Å²) >= 11 is 0. The largest absolute Gasteiger partial charge is 0.472 e. The minimum absolute atomic E-state index is 0.104. The number of esters is 4. The van der Waals surface area contributed by atoms with Crippen molar-refractivity contribution in [2.75, 3.05) is 39.6 Å². The molecular weight excluding hydrogens is 1270 g/mol. The van der Waals surface area contributed by atoms with E-state index in [1.807, 2.05) is 0 Å². The van der Waals surface area contributed by atoms with Crippen LogP contribution in [0.3, 0.4) is 0 Å². The summed E-state index contributed by atoms with van der Waals surface area (Å²) in [5, 5.41) is 10.6. The molecule has 0 heterocycles. The maximum Gasteiger partial charge on any atom is 0.472 e. The fourth-order valence-corrected chi connectivity index (χ4v) is 13.4. The van der Waals surface area contributed by atoms with Gasteiger partial charge < -0.3 is 33.8 Å². The van der Waals surface area contributed by atoms with E-state index in [1.54, 1.807) is 0 Å². The van der Waals surface area contributed by atoms with E-state index in [1.165, 1.54) is 193 Å². The first-order valence-electron chi connectivity index (χ1n) is 40.3. The Balaban J connectivity index is 5.20. The highest BCUT2D eigenvalue weighted by molar-refractivity contribution is 7.47. The maximum atomic E-state index is 13.1. The fraction of sp³-hybridized carbons (Fsp3) is 0.949. The highest BCUT2D eigenvalue weighted by Crippen LogP contribution is 2.45. The number of hydrogen-bond donors (Lipinski definition) is 3. The molecule has 7 atom stereocenters. The quantitative estimate of drug-likeness (QED) is 0.0222. The third kappa shape index (κ3) is 69.5. The fourth-order valence-electron chi connectivity index (χ4n) is 11.8. The first kappa shape index (κ1) is 95.1. The van der Waals surface area contributed by atoms with E-state index in [4.69, 9.17) is 37.0 Å². The van der Waals surface area contributed by atoms with Gasteiger partial charge in [0, 0.05) is 25.7 Å². The third-order valence-corrected chi connectivity index (χ3v) is 20.7. The SMILES string of the molecule is CCC(C)CCCCCCCCCCCCCCCCC(=O)OC[C@H](COP(=O)(O)OC[C@@H](O)COP(=O)(O)OC[C@@H](COC(=O)CCCCCCCCC(C)CC)OC(=O)CCCCCCCCCCCCCCCCCC(C)C)OC(=O)CCCCCCCCCCC(C)C. The van der Waals surface area contributed by atoms with Gasteiger partial charge in [0.25, 0.3) is 0 Å². The van der Waals surface area contributed by atoms with Crippen LogP contribution in [0.4, 0.5) is 0 Å². The molecule has 97 heavy (non-hydrogen) atoms. The van der Waals surface area contributed by atoms with E-state index in [9.17, 15) is 43.2 Å². The maximum absolute atomic E-state index is 13.1. The number of hydrogen-bond acceptors (Lipinski definition) is 15. The summed E-state index contributed by atoms with van der Waals surface area (Å²) in [7, 11) is -9.92. The van der Waals surface area contributed by atoms with E-state index < -0.39 is 97.5 Å². The van der Waals surface area contributed by atoms with Gasteiger partial charge in [0.1, 0.15) is 19.3 Å². The number of ether oxygens (including phenoxy) is 4. The van der Waals surface area contributed by atoms with Crippen molar-refractivity contribution in [3.63, 3.8) is 0 Å². The van der Waals surface area contributed by atoms with Crippen LogP contribution in [0.2, 0.25) is 0 Å². The molecule has 0 saturated heterocycles. The number of phosphoric acid groups is 2. The lowest BCUT2D eigenvalue weighted by atomic mass is 9.99. The molecule has 0 bridgehead atoms. The van der Waals surface area contributed by atoms with Gasteiger partial charge >= 0.3 is 39.5 Å². The number of unbranched alkanes of at least 4 members (excludes halogenated alkanes) is 39. The van der Waals surface area contributed by atoms with Gasteiger partial charge in [-0.05, 0) is 49.4 Å². The van der Waals surface area contributed by atoms with Crippen molar-refractivity contribution in [1.82, 2.24) is 0 Å². The zero-order valence-electron chi connectivity index (χ0n) is 63.7. The average molecular weight is 1420 g/mol. The van der Waals surface area contributed by atoms with Crippen molar-refractivity contribution in [2.24, 2.45) is 23.7 Å². The first-order valence-corrected chi connectivity index (χ1v) is 43.3. The van der Waals surface area contributed by atoms with Gasteiger partial charge in [-0.3, -0.25) is 37.3 Å². The Labute approximate surface area is 594 Å². The van der Waals surface area contributed by atoms with Crippen molar-refractivity contribution in [2.45, 2.75) is 414 Å². The molecule has 576 valence electrons. The molecule has 0 rings (SSSR count). The zero-order valence-corrected chi connectivity index (χ0v) is 65.5. The smallest absolute Gasteiger partial charge is 0.462 e. The number of aliphatic hydroxyl groups excluding tert-OH is 1. The lowest BCUT2D eigenvalue weighted by molar-refractivity contribution is -0.161. The molecule has 0 fully saturated rings. The Hall–Kier alpha value is -1.94. The van der Waals surface area contributed by atoms with Crippen LogP contribution in [0, 0.1) is 23.7 Å². The van der Waals surface area contributed by atoms with Crippen LogP contribution < -0.4 is 0 Å². The summed E-state index contributed by atoms with van der Waals surface area (Å²) in [6.07, 6.45) is 52.8. The van der Waals surface area contributed by atoms with Crippen LogP contribution in [0.25, 0.3) is 0 Å². The monoisotopic (exact) mass is 1420 g/mol. The average Bonchev–Trinajstić information content (AvgIpc) is 1.16. The summed E-state index contributed by atoms with van der Waals surface area (Å²) in [6.45, 7) is 14.2. The van der Waals surface area contributed by atoms with Crippen LogP contribution in [-0.4, -0.2) is 96.7 Å². The molecule has 0 aromatic rings.